The van der Waals surface area contributed by atoms with Gasteiger partial charge in [0.15, 0.2) is 29.0 Å². The number of benzene rings is 2. The predicted molar refractivity (Wildman–Crippen MR) is 151 cm³/mol. The van der Waals surface area contributed by atoms with Gasteiger partial charge in [0, 0.05) is 19.2 Å². The van der Waals surface area contributed by atoms with E-state index < -0.39 is 30.6 Å². The van der Waals surface area contributed by atoms with Gasteiger partial charge < -0.3 is 29.1 Å². The summed E-state index contributed by atoms with van der Waals surface area (Å²) in [4.78, 5) is 27.5. The first kappa shape index (κ1) is 28.2. The van der Waals surface area contributed by atoms with Gasteiger partial charge in [-0.05, 0) is 24.6 Å². The summed E-state index contributed by atoms with van der Waals surface area (Å²) < 4.78 is 31.7. The molecule has 4 atom stereocenters. The van der Waals surface area contributed by atoms with Gasteiger partial charge >= 0.3 is 6.09 Å². The third-order valence-electron chi connectivity index (χ3n) is 7.14. The molecule has 0 radical (unpaired) electrons. The monoisotopic (exact) mass is 589 g/mol. The molecule has 1 amide bonds. The van der Waals surface area contributed by atoms with E-state index in [4.69, 9.17) is 14.0 Å². The van der Waals surface area contributed by atoms with Crippen LogP contribution in [0.5, 0.6) is 0 Å². The standard InChI is InChI=1S/C29H28FN7O6/c1-16-21(22(35-43-16)18-8-4-3-5-9-18)34-29(40)41-13-20-24(38)25(39)28(42-20)37-15-33-23-26(31-14-32-27(23)37)36(2)12-17-7-6-10-19(30)11-17/h3-11,14-15,20,24-25,28,38-39H,12-13H2,1-2H3,(H,34,40)/t20-,24-,25-,28-/m1/s1. The van der Waals surface area contributed by atoms with Gasteiger partial charge in [-0.15, -0.1) is 0 Å². The molecule has 0 spiro atoms. The van der Waals surface area contributed by atoms with Crippen molar-refractivity contribution < 1.29 is 33.4 Å². The number of hydrogen-bond acceptors (Lipinski definition) is 11. The fourth-order valence-electron chi connectivity index (χ4n) is 4.99. The lowest BCUT2D eigenvalue weighted by Gasteiger charge is -2.19. The minimum absolute atomic E-state index is 0.338. The zero-order valence-corrected chi connectivity index (χ0v) is 23.2. The number of ether oxygens (including phenoxy) is 2. The molecule has 0 bridgehead atoms. The van der Waals surface area contributed by atoms with Crippen LogP contribution in [-0.4, -0.2) is 72.9 Å². The van der Waals surface area contributed by atoms with E-state index in [-0.39, 0.29) is 12.4 Å². The molecule has 1 aliphatic heterocycles. The molecule has 3 N–H and O–H groups in total. The van der Waals surface area contributed by atoms with Crippen LogP contribution in [0.3, 0.4) is 0 Å². The number of nitrogens with zero attached hydrogens (tertiary/aromatic N) is 6. The Morgan fingerprint density at radius 2 is 1.93 bits per heavy atom. The molecule has 5 aromatic rings. The normalized spacial score (nSPS) is 19.9. The molecule has 1 saturated heterocycles. The average Bonchev–Trinajstić information content (AvgIpc) is 3.68. The van der Waals surface area contributed by atoms with E-state index in [1.807, 2.05) is 30.3 Å². The van der Waals surface area contributed by atoms with Gasteiger partial charge in [0.2, 0.25) is 0 Å². The van der Waals surface area contributed by atoms with E-state index >= 15 is 0 Å². The number of anilines is 2. The fraction of sp³-hybridized carbons (Fsp3) is 0.276. The summed E-state index contributed by atoms with van der Waals surface area (Å²) >= 11 is 0. The number of aromatic nitrogens is 5. The summed E-state index contributed by atoms with van der Waals surface area (Å²) in [6, 6.07) is 15.4. The van der Waals surface area contributed by atoms with E-state index in [9.17, 15) is 19.4 Å². The SMILES string of the molecule is Cc1onc(-c2ccccc2)c1NC(=O)OC[C@H]1O[C@@H](n2cnc3c(N(C)Cc4cccc(F)c4)ncnc32)[C@H](O)[C@@H]1O. The number of aliphatic hydroxyl groups excluding tert-OH is 2. The molecule has 0 saturated carbocycles. The summed E-state index contributed by atoms with van der Waals surface area (Å²) in [7, 11) is 1.79. The maximum Gasteiger partial charge on any atom is 0.411 e. The third-order valence-corrected chi connectivity index (χ3v) is 7.14. The Balaban J connectivity index is 1.13. The number of aryl methyl sites for hydroxylation is 1. The zero-order valence-electron chi connectivity index (χ0n) is 23.2. The summed E-state index contributed by atoms with van der Waals surface area (Å²) in [5, 5.41) is 28.2. The van der Waals surface area contributed by atoms with Crippen LogP contribution < -0.4 is 10.2 Å². The molecule has 1 aliphatic rings. The van der Waals surface area contributed by atoms with Crippen molar-refractivity contribution in [3.63, 3.8) is 0 Å². The smallest absolute Gasteiger partial charge is 0.411 e. The fourth-order valence-corrected chi connectivity index (χ4v) is 4.99. The number of nitrogens with one attached hydrogen (secondary N) is 1. The lowest BCUT2D eigenvalue weighted by molar-refractivity contribution is -0.0522. The van der Waals surface area contributed by atoms with Crippen molar-refractivity contribution in [1.29, 1.82) is 0 Å². The van der Waals surface area contributed by atoms with Gasteiger partial charge in [0.1, 0.15) is 48.4 Å². The highest BCUT2D eigenvalue weighted by Crippen LogP contribution is 2.34. The number of amides is 1. The van der Waals surface area contributed by atoms with Crippen molar-refractivity contribution in [3.8, 4) is 11.3 Å². The van der Waals surface area contributed by atoms with Crippen LogP contribution in [-0.2, 0) is 16.0 Å². The molecule has 6 rings (SSSR count). The second kappa shape index (κ2) is 11.8. The number of carbonyl (C=O) groups excluding carboxylic acids is 1. The molecule has 13 nitrogen and oxygen atoms in total. The van der Waals surface area contributed by atoms with E-state index in [0.29, 0.717) is 40.7 Å². The number of hydrogen-bond donors (Lipinski definition) is 3. The molecular weight excluding hydrogens is 561 g/mol. The maximum absolute atomic E-state index is 13.7. The molecule has 0 unspecified atom stereocenters. The molecule has 3 aromatic heterocycles. The minimum atomic E-state index is -1.37. The van der Waals surface area contributed by atoms with Crippen LogP contribution >= 0.6 is 0 Å². The van der Waals surface area contributed by atoms with Crippen molar-refractivity contribution in [2.75, 3.05) is 23.9 Å². The Labute approximate surface area is 244 Å². The largest absolute Gasteiger partial charge is 0.446 e. The van der Waals surface area contributed by atoms with E-state index in [1.165, 1.54) is 29.4 Å². The Bertz CT molecular complexity index is 1750. The number of aliphatic hydroxyl groups is 2. The molecule has 43 heavy (non-hydrogen) atoms. The lowest BCUT2D eigenvalue weighted by atomic mass is 10.1. The number of rotatable bonds is 8. The van der Waals surface area contributed by atoms with Gasteiger partial charge in [-0.25, -0.2) is 24.1 Å². The molecule has 14 heteroatoms. The van der Waals surface area contributed by atoms with Crippen molar-refractivity contribution in [2.45, 2.75) is 38.0 Å². The first-order valence-electron chi connectivity index (χ1n) is 13.4. The van der Waals surface area contributed by atoms with Crippen molar-refractivity contribution in [1.82, 2.24) is 24.7 Å². The van der Waals surface area contributed by atoms with Gasteiger partial charge in [-0.3, -0.25) is 9.88 Å². The number of imidazole rings is 1. The summed E-state index contributed by atoms with van der Waals surface area (Å²) in [6.45, 7) is 1.67. The Hall–Kier alpha value is -4.92. The van der Waals surface area contributed by atoms with E-state index in [2.05, 4.69) is 25.4 Å². The molecule has 2 aromatic carbocycles. The van der Waals surface area contributed by atoms with Crippen LogP contribution in [0.1, 0.15) is 17.6 Å². The summed E-state index contributed by atoms with van der Waals surface area (Å²) in [5.41, 5.74) is 3.05. The van der Waals surface area contributed by atoms with Crippen molar-refractivity contribution in [2.24, 2.45) is 0 Å². The Morgan fingerprint density at radius 3 is 2.72 bits per heavy atom. The average molecular weight is 590 g/mol. The zero-order chi connectivity index (χ0) is 30.1. The maximum atomic E-state index is 13.7. The van der Waals surface area contributed by atoms with Crippen molar-refractivity contribution >= 4 is 28.8 Å². The molecule has 222 valence electrons. The topological polar surface area (TPSA) is 161 Å². The lowest BCUT2D eigenvalue weighted by Crippen LogP contribution is -2.34. The van der Waals surface area contributed by atoms with E-state index in [1.54, 1.807) is 31.0 Å². The molecule has 1 fully saturated rings. The molecular formula is C29H28FN7O6. The Morgan fingerprint density at radius 1 is 1.12 bits per heavy atom. The van der Waals surface area contributed by atoms with Crippen molar-refractivity contribution in [3.05, 3.63) is 84.4 Å². The highest BCUT2D eigenvalue weighted by Gasteiger charge is 2.45. The first-order valence-corrected chi connectivity index (χ1v) is 13.4. The quantitative estimate of drug-likeness (QED) is 0.243. The van der Waals surface area contributed by atoms with Crippen LogP contribution in [0, 0.1) is 12.7 Å². The molecule has 0 aliphatic carbocycles. The third kappa shape index (κ3) is 5.62. The highest BCUT2D eigenvalue weighted by molar-refractivity contribution is 5.91. The summed E-state index contributed by atoms with van der Waals surface area (Å²) in [5.74, 6) is 0.533. The van der Waals surface area contributed by atoms with Crippen LogP contribution in [0.4, 0.5) is 20.7 Å². The number of carbonyl (C=O) groups is 1. The van der Waals surface area contributed by atoms with Crippen LogP contribution in [0.15, 0.2) is 71.8 Å². The van der Waals surface area contributed by atoms with Gasteiger partial charge in [0.05, 0.1) is 6.33 Å². The number of fused-ring (bicyclic) bond motifs is 1. The van der Waals surface area contributed by atoms with E-state index in [0.717, 1.165) is 11.1 Å². The van der Waals surface area contributed by atoms with Crippen LogP contribution in [0.2, 0.25) is 0 Å². The predicted octanol–water partition coefficient (Wildman–Crippen LogP) is 3.43. The van der Waals surface area contributed by atoms with Gasteiger partial charge in [-0.2, -0.15) is 0 Å². The van der Waals surface area contributed by atoms with Gasteiger partial charge in [0.25, 0.3) is 0 Å². The minimum Gasteiger partial charge on any atom is -0.446 e. The molecule has 4 heterocycles. The van der Waals surface area contributed by atoms with Gasteiger partial charge in [-0.1, -0.05) is 47.6 Å². The Kier molecular flexibility index (Phi) is 7.71. The highest BCUT2D eigenvalue weighted by atomic mass is 19.1. The second-order valence-electron chi connectivity index (χ2n) is 10.1. The number of halogens is 1. The summed E-state index contributed by atoms with van der Waals surface area (Å²) in [6.07, 6.45) is -2.90. The first-order chi connectivity index (χ1) is 20.8. The second-order valence-corrected chi connectivity index (χ2v) is 10.1. The van der Waals surface area contributed by atoms with Crippen LogP contribution in [0.25, 0.3) is 22.4 Å².